The highest BCUT2D eigenvalue weighted by molar-refractivity contribution is 7.18. The Kier molecular flexibility index (Phi) is 3.06. The maximum absolute atomic E-state index is 5.33. The van der Waals surface area contributed by atoms with Crippen LogP contribution >= 0.6 is 11.3 Å². The van der Waals surface area contributed by atoms with Crippen molar-refractivity contribution < 1.29 is 0 Å². The van der Waals surface area contributed by atoms with Gasteiger partial charge in [0.15, 0.2) is 5.96 Å². The van der Waals surface area contributed by atoms with E-state index >= 15 is 0 Å². The number of hydrogen-bond acceptors (Lipinski definition) is 4. The van der Waals surface area contributed by atoms with Crippen molar-refractivity contribution in [1.82, 2.24) is 9.97 Å². The number of guanidine groups is 1. The maximum Gasteiger partial charge on any atom is 0.213 e. The first-order chi connectivity index (χ1) is 8.08. The van der Waals surface area contributed by atoms with Gasteiger partial charge in [-0.25, -0.2) is 4.98 Å². The van der Waals surface area contributed by atoms with Gasteiger partial charge in [-0.2, -0.15) is 4.99 Å². The molecule has 0 aliphatic carbocycles. The maximum atomic E-state index is 5.33. The molecule has 0 spiro atoms. The van der Waals surface area contributed by atoms with Crippen molar-refractivity contribution in [2.24, 2.45) is 16.5 Å². The van der Waals surface area contributed by atoms with Crippen LogP contribution in [-0.2, 0) is 0 Å². The lowest BCUT2D eigenvalue weighted by atomic mass is 10.2. The second-order valence-corrected chi connectivity index (χ2v) is 4.59. The molecule has 4 N–H and O–H groups in total. The SMILES string of the molecule is Cc1cccnc1-c1sc(N=C(N)N)nc1C. The van der Waals surface area contributed by atoms with Gasteiger partial charge in [0.2, 0.25) is 5.13 Å². The summed E-state index contributed by atoms with van der Waals surface area (Å²) in [6.07, 6.45) is 1.77. The number of nitrogens with zero attached hydrogens (tertiary/aromatic N) is 3. The van der Waals surface area contributed by atoms with Crippen LogP contribution in [0.5, 0.6) is 0 Å². The zero-order valence-corrected chi connectivity index (χ0v) is 10.5. The Labute approximate surface area is 103 Å². The van der Waals surface area contributed by atoms with Crippen LogP contribution in [0.4, 0.5) is 5.13 Å². The van der Waals surface area contributed by atoms with Crippen molar-refractivity contribution in [3.63, 3.8) is 0 Å². The lowest BCUT2D eigenvalue weighted by molar-refractivity contribution is 1.21. The molecule has 0 amide bonds. The van der Waals surface area contributed by atoms with Gasteiger partial charge in [-0.05, 0) is 25.5 Å². The molecule has 0 aromatic carbocycles. The Hall–Kier alpha value is -1.95. The molecule has 0 saturated carbocycles. The summed E-state index contributed by atoms with van der Waals surface area (Å²) in [5.74, 6) is 0.0167. The lowest BCUT2D eigenvalue weighted by Crippen LogP contribution is -2.21. The van der Waals surface area contributed by atoms with Gasteiger partial charge in [0.1, 0.15) is 0 Å². The molecule has 2 aromatic rings. The molecule has 88 valence electrons. The number of aromatic nitrogens is 2. The van der Waals surface area contributed by atoms with E-state index in [1.165, 1.54) is 11.3 Å². The summed E-state index contributed by atoms with van der Waals surface area (Å²) in [7, 11) is 0. The summed E-state index contributed by atoms with van der Waals surface area (Å²) in [4.78, 5) is 13.6. The second kappa shape index (κ2) is 4.50. The van der Waals surface area contributed by atoms with Crippen molar-refractivity contribution in [2.45, 2.75) is 13.8 Å². The van der Waals surface area contributed by atoms with E-state index in [0.29, 0.717) is 5.13 Å². The lowest BCUT2D eigenvalue weighted by Gasteiger charge is -2.00. The van der Waals surface area contributed by atoms with Crippen molar-refractivity contribution in [3.8, 4) is 10.6 Å². The number of thiazole rings is 1. The van der Waals surface area contributed by atoms with Crippen LogP contribution in [-0.4, -0.2) is 15.9 Å². The van der Waals surface area contributed by atoms with Crippen LogP contribution in [0, 0.1) is 13.8 Å². The molecule has 2 aromatic heterocycles. The standard InChI is InChI=1S/C11H13N5S/c1-6-4-3-5-14-8(6)9-7(2)15-11(17-9)16-10(12)13/h3-5H,1-2H3,(H4,12,13,15,16). The smallest absolute Gasteiger partial charge is 0.213 e. The molecular weight excluding hydrogens is 234 g/mol. The van der Waals surface area contributed by atoms with Gasteiger partial charge in [-0.1, -0.05) is 17.4 Å². The van der Waals surface area contributed by atoms with Gasteiger partial charge in [0, 0.05) is 6.20 Å². The molecule has 0 fully saturated rings. The molecule has 0 aliphatic heterocycles. The summed E-state index contributed by atoms with van der Waals surface area (Å²) in [5.41, 5.74) is 13.6. The van der Waals surface area contributed by atoms with Crippen molar-refractivity contribution in [2.75, 3.05) is 0 Å². The number of nitrogens with two attached hydrogens (primary N) is 2. The minimum atomic E-state index is 0.0167. The fourth-order valence-corrected chi connectivity index (χ4v) is 2.50. The molecule has 17 heavy (non-hydrogen) atoms. The monoisotopic (exact) mass is 247 g/mol. The first-order valence-corrected chi connectivity index (χ1v) is 5.88. The third kappa shape index (κ3) is 2.42. The van der Waals surface area contributed by atoms with Gasteiger partial charge in [-0.15, -0.1) is 0 Å². The molecule has 0 atom stereocenters. The third-order valence-electron chi connectivity index (χ3n) is 2.23. The normalized spacial score (nSPS) is 10.2. The van der Waals surface area contributed by atoms with Gasteiger partial charge in [-0.3, -0.25) is 4.98 Å². The van der Waals surface area contributed by atoms with Crippen molar-refractivity contribution >= 4 is 22.4 Å². The molecule has 0 bridgehead atoms. The summed E-state index contributed by atoms with van der Waals surface area (Å²) in [6, 6.07) is 3.92. The average molecular weight is 247 g/mol. The summed E-state index contributed by atoms with van der Waals surface area (Å²) >= 11 is 1.43. The molecule has 0 aliphatic rings. The van der Waals surface area contributed by atoms with Crippen LogP contribution in [0.3, 0.4) is 0 Å². The van der Waals surface area contributed by atoms with E-state index in [1.54, 1.807) is 6.20 Å². The van der Waals surface area contributed by atoms with E-state index in [9.17, 15) is 0 Å². The zero-order chi connectivity index (χ0) is 12.4. The van der Waals surface area contributed by atoms with Gasteiger partial charge in [0.25, 0.3) is 0 Å². The van der Waals surface area contributed by atoms with Crippen LogP contribution in [0.15, 0.2) is 23.3 Å². The minimum Gasteiger partial charge on any atom is -0.370 e. The Morgan fingerprint density at radius 1 is 1.35 bits per heavy atom. The van der Waals surface area contributed by atoms with E-state index < -0.39 is 0 Å². The number of aryl methyl sites for hydroxylation is 2. The number of rotatable bonds is 2. The molecule has 0 saturated heterocycles. The topological polar surface area (TPSA) is 90.2 Å². The van der Waals surface area contributed by atoms with E-state index in [1.807, 2.05) is 26.0 Å². The predicted molar refractivity (Wildman–Crippen MR) is 70.3 cm³/mol. The van der Waals surface area contributed by atoms with Crippen molar-refractivity contribution in [3.05, 3.63) is 29.6 Å². The van der Waals surface area contributed by atoms with E-state index in [2.05, 4.69) is 15.0 Å². The molecule has 2 heterocycles. The highest BCUT2D eigenvalue weighted by Gasteiger charge is 2.12. The van der Waals surface area contributed by atoms with Crippen LogP contribution in [0.25, 0.3) is 10.6 Å². The predicted octanol–water partition coefficient (Wildman–Crippen LogP) is 1.73. The quantitative estimate of drug-likeness (QED) is 0.624. The molecule has 0 unspecified atom stereocenters. The van der Waals surface area contributed by atoms with Crippen molar-refractivity contribution in [1.29, 1.82) is 0 Å². The Morgan fingerprint density at radius 3 is 2.76 bits per heavy atom. The number of hydrogen-bond donors (Lipinski definition) is 2. The van der Waals surface area contributed by atoms with Crippen LogP contribution < -0.4 is 11.5 Å². The summed E-state index contributed by atoms with van der Waals surface area (Å²) in [6.45, 7) is 3.94. The summed E-state index contributed by atoms with van der Waals surface area (Å²) in [5, 5.41) is 0.558. The Balaban J connectivity index is 2.50. The fourth-order valence-electron chi connectivity index (χ4n) is 1.48. The third-order valence-corrected chi connectivity index (χ3v) is 3.29. The largest absolute Gasteiger partial charge is 0.370 e. The Bertz CT molecular complexity index is 569. The van der Waals surface area contributed by atoms with E-state index in [-0.39, 0.29) is 5.96 Å². The fraction of sp³-hybridized carbons (Fsp3) is 0.182. The minimum absolute atomic E-state index is 0.0167. The highest BCUT2D eigenvalue weighted by atomic mass is 32.1. The van der Waals surface area contributed by atoms with Gasteiger partial charge >= 0.3 is 0 Å². The van der Waals surface area contributed by atoms with Gasteiger partial charge < -0.3 is 11.5 Å². The summed E-state index contributed by atoms with van der Waals surface area (Å²) < 4.78 is 0. The number of pyridine rings is 1. The van der Waals surface area contributed by atoms with E-state index in [0.717, 1.165) is 21.8 Å². The molecular formula is C11H13N5S. The zero-order valence-electron chi connectivity index (χ0n) is 9.64. The molecule has 6 heteroatoms. The van der Waals surface area contributed by atoms with Crippen LogP contribution in [0.2, 0.25) is 0 Å². The molecule has 5 nitrogen and oxygen atoms in total. The number of aliphatic imine (C=N–C) groups is 1. The molecule has 0 radical (unpaired) electrons. The van der Waals surface area contributed by atoms with Crippen LogP contribution in [0.1, 0.15) is 11.3 Å². The first-order valence-electron chi connectivity index (χ1n) is 5.07. The van der Waals surface area contributed by atoms with Gasteiger partial charge in [0.05, 0.1) is 16.3 Å². The average Bonchev–Trinajstić information content (AvgIpc) is 2.59. The highest BCUT2D eigenvalue weighted by Crippen LogP contribution is 2.34. The van der Waals surface area contributed by atoms with E-state index in [4.69, 9.17) is 11.5 Å². The Morgan fingerprint density at radius 2 is 2.12 bits per heavy atom. The second-order valence-electron chi connectivity index (χ2n) is 3.62. The first kappa shape index (κ1) is 11.5. The molecule has 2 rings (SSSR count).